The first-order chi connectivity index (χ1) is 7.37. The Morgan fingerprint density at radius 2 is 1.81 bits per heavy atom. The van der Waals surface area contributed by atoms with E-state index in [0.717, 1.165) is 0 Å². The van der Waals surface area contributed by atoms with E-state index >= 15 is 0 Å². The molecule has 5 nitrogen and oxygen atoms in total. The Morgan fingerprint density at radius 3 is 2.12 bits per heavy atom. The third-order valence-corrected chi connectivity index (χ3v) is 4.70. The highest BCUT2D eigenvalue weighted by Gasteiger charge is 2.39. The first-order valence-corrected chi connectivity index (χ1v) is 7.15. The number of hydrogen-bond donors (Lipinski definition) is 1. The summed E-state index contributed by atoms with van der Waals surface area (Å²) < 4.78 is 21.9. The number of Topliss-reactive ketones (excluding diaryl/α,β-unsaturated/α-hetero) is 1. The van der Waals surface area contributed by atoms with Gasteiger partial charge in [0.25, 0.3) is 0 Å². The molecule has 0 aliphatic carbocycles. The van der Waals surface area contributed by atoms with E-state index in [4.69, 9.17) is 25.8 Å². The Kier molecular flexibility index (Phi) is 7.44. The first-order valence-electron chi connectivity index (χ1n) is 5.11. The molecule has 0 saturated carbocycles. The van der Waals surface area contributed by atoms with Crippen LogP contribution in [0.4, 0.5) is 0 Å². The van der Waals surface area contributed by atoms with E-state index in [0.29, 0.717) is 0 Å². The van der Waals surface area contributed by atoms with Crippen LogP contribution in [0.2, 0.25) is 0 Å². The molecule has 0 heterocycles. The molecule has 0 aliphatic rings. The first kappa shape index (κ1) is 16.1. The zero-order valence-electron chi connectivity index (χ0n) is 9.68. The second kappa shape index (κ2) is 7.41. The molecule has 0 aliphatic heterocycles. The van der Waals surface area contributed by atoms with Crippen LogP contribution in [0.15, 0.2) is 0 Å². The van der Waals surface area contributed by atoms with Gasteiger partial charge in [-0.1, -0.05) is 0 Å². The van der Waals surface area contributed by atoms with E-state index in [1.54, 1.807) is 13.8 Å². The number of alkyl halides is 1. The number of aliphatic hydroxyl groups excluding tert-OH is 1. The zero-order valence-corrected chi connectivity index (χ0v) is 11.3. The molecule has 1 N–H and O–H groups in total. The normalized spacial score (nSPS) is 15.8. The Labute approximate surface area is 101 Å². The molecule has 0 spiro atoms. The zero-order chi connectivity index (χ0) is 12.8. The van der Waals surface area contributed by atoms with E-state index in [1.165, 1.54) is 6.92 Å². The minimum atomic E-state index is -3.62. The monoisotopic (exact) mass is 272 g/mol. The van der Waals surface area contributed by atoms with E-state index in [2.05, 4.69) is 0 Å². The molecular formula is C9H18ClO5P. The maximum absolute atomic E-state index is 12.1. The van der Waals surface area contributed by atoms with Gasteiger partial charge in [-0.2, -0.15) is 0 Å². The number of carbonyl (C=O) groups excluding carboxylic acids is 1. The van der Waals surface area contributed by atoms with Gasteiger partial charge in [-0.05, 0) is 20.8 Å². The summed E-state index contributed by atoms with van der Waals surface area (Å²) in [7, 11) is -3.62. The molecule has 0 radical (unpaired) electrons. The Morgan fingerprint density at radius 1 is 1.38 bits per heavy atom. The second-order valence-corrected chi connectivity index (χ2v) is 6.08. The summed E-state index contributed by atoms with van der Waals surface area (Å²) in [4.78, 5) is 11.5. The van der Waals surface area contributed by atoms with Crippen molar-refractivity contribution in [2.75, 3.05) is 13.2 Å². The summed E-state index contributed by atoms with van der Waals surface area (Å²) in [6.07, 6.45) is -0.997. The smallest absolute Gasteiger partial charge is 0.355 e. The Bertz CT molecular complexity index is 259. The maximum Gasteiger partial charge on any atom is 0.355 e. The molecule has 1 unspecified atom stereocenters. The van der Waals surface area contributed by atoms with Crippen LogP contribution in [-0.4, -0.2) is 35.3 Å². The van der Waals surface area contributed by atoms with Gasteiger partial charge in [0.2, 0.25) is 0 Å². The molecule has 0 amide bonds. The minimum Gasteiger partial charge on any atom is -0.393 e. The van der Waals surface area contributed by atoms with Gasteiger partial charge in [0.15, 0.2) is 10.9 Å². The number of halogens is 1. The fourth-order valence-electron chi connectivity index (χ4n) is 1.09. The molecule has 0 aromatic heterocycles. The van der Waals surface area contributed by atoms with Crippen LogP contribution in [0.3, 0.4) is 0 Å². The molecule has 0 saturated heterocycles. The lowest BCUT2D eigenvalue weighted by molar-refractivity contribution is -0.119. The van der Waals surface area contributed by atoms with Crippen molar-refractivity contribution in [1.29, 1.82) is 0 Å². The van der Waals surface area contributed by atoms with Crippen LogP contribution < -0.4 is 0 Å². The van der Waals surface area contributed by atoms with Gasteiger partial charge >= 0.3 is 7.60 Å². The van der Waals surface area contributed by atoms with Gasteiger partial charge in [0.05, 0.1) is 19.3 Å². The quantitative estimate of drug-likeness (QED) is 0.541. The fourth-order valence-corrected chi connectivity index (χ4v) is 3.03. The van der Waals surface area contributed by atoms with Gasteiger partial charge < -0.3 is 14.2 Å². The van der Waals surface area contributed by atoms with Crippen LogP contribution in [0.1, 0.15) is 27.2 Å². The number of rotatable bonds is 8. The summed E-state index contributed by atoms with van der Waals surface area (Å²) in [5.41, 5.74) is 0. The van der Waals surface area contributed by atoms with Crippen LogP contribution in [0.5, 0.6) is 0 Å². The van der Waals surface area contributed by atoms with Gasteiger partial charge in [-0.15, -0.1) is 11.6 Å². The van der Waals surface area contributed by atoms with Crippen molar-refractivity contribution in [3.63, 3.8) is 0 Å². The number of ketones is 1. The Balaban J connectivity index is 4.66. The average molecular weight is 273 g/mol. The van der Waals surface area contributed by atoms with Crippen LogP contribution in [0, 0.1) is 0 Å². The molecule has 2 atom stereocenters. The molecule has 16 heavy (non-hydrogen) atoms. The number of aliphatic hydroxyl groups is 1. The molecule has 0 fully saturated rings. The number of carbonyl (C=O) groups is 1. The largest absolute Gasteiger partial charge is 0.393 e. The lowest BCUT2D eigenvalue weighted by atomic mass is 10.2. The predicted molar refractivity (Wildman–Crippen MR) is 61.8 cm³/mol. The van der Waals surface area contributed by atoms with Crippen molar-refractivity contribution in [3.8, 4) is 0 Å². The number of hydrogen-bond acceptors (Lipinski definition) is 5. The maximum atomic E-state index is 12.1. The molecule has 0 bridgehead atoms. The van der Waals surface area contributed by atoms with Crippen molar-refractivity contribution in [3.05, 3.63) is 0 Å². The molecule has 7 heteroatoms. The molecule has 0 aromatic rings. The van der Waals surface area contributed by atoms with Crippen molar-refractivity contribution >= 4 is 25.0 Å². The summed E-state index contributed by atoms with van der Waals surface area (Å²) in [5.74, 6) is -0.540. The fraction of sp³-hybridized carbons (Fsp3) is 0.889. The van der Waals surface area contributed by atoms with E-state index in [-0.39, 0.29) is 19.6 Å². The van der Waals surface area contributed by atoms with Crippen molar-refractivity contribution in [2.24, 2.45) is 0 Å². The summed E-state index contributed by atoms with van der Waals surface area (Å²) in [5, 5.41) is 7.69. The van der Waals surface area contributed by atoms with Crippen molar-refractivity contribution < 1.29 is 23.5 Å². The van der Waals surface area contributed by atoms with Crippen LogP contribution in [0.25, 0.3) is 0 Å². The van der Waals surface area contributed by atoms with Crippen molar-refractivity contribution in [2.45, 2.75) is 38.4 Å². The summed E-state index contributed by atoms with van der Waals surface area (Å²) in [6.45, 7) is 5.00. The molecule has 0 rings (SSSR count). The third-order valence-electron chi connectivity index (χ3n) is 1.66. The van der Waals surface area contributed by atoms with Gasteiger partial charge in [-0.25, -0.2) is 0 Å². The van der Waals surface area contributed by atoms with E-state index < -0.39 is 24.6 Å². The molecule has 96 valence electrons. The van der Waals surface area contributed by atoms with E-state index in [9.17, 15) is 9.36 Å². The Hall–Kier alpha value is 0.0700. The topological polar surface area (TPSA) is 72.8 Å². The highest BCUT2D eigenvalue weighted by molar-refractivity contribution is 7.57. The third kappa shape index (κ3) is 4.93. The second-order valence-electron chi connectivity index (χ2n) is 3.23. The van der Waals surface area contributed by atoms with E-state index in [1.807, 2.05) is 0 Å². The highest BCUT2D eigenvalue weighted by Crippen LogP contribution is 2.55. The molecule has 0 aromatic carbocycles. The van der Waals surface area contributed by atoms with Crippen LogP contribution in [-0.2, 0) is 18.4 Å². The SMILES string of the molecule is CCOP(=O)(OCC)C(Cl)C(=O)C[C@H](C)O. The standard InChI is InChI=1S/C9H18ClO5P/c1-4-14-16(13,15-5-2)9(10)8(12)6-7(3)11/h7,9,11H,4-6H2,1-3H3/t7-,9?/m0/s1. The molecular weight excluding hydrogens is 255 g/mol. The summed E-state index contributed by atoms with van der Waals surface area (Å²) >= 11 is 5.77. The minimum absolute atomic E-state index is 0.141. The van der Waals surface area contributed by atoms with Gasteiger partial charge in [0.1, 0.15) is 0 Å². The van der Waals surface area contributed by atoms with Gasteiger partial charge in [0, 0.05) is 6.42 Å². The lowest BCUT2D eigenvalue weighted by Gasteiger charge is -2.21. The predicted octanol–water partition coefficient (Wildman–Crippen LogP) is 2.16. The summed E-state index contributed by atoms with van der Waals surface area (Å²) in [6, 6.07) is 0. The average Bonchev–Trinajstić information content (AvgIpc) is 2.16. The van der Waals surface area contributed by atoms with Crippen LogP contribution >= 0.6 is 19.2 Å². The lowest BCUT2D eigenvalue weighted by Crippen LogP contribution is -2.21. The highest BCUT2D eigenvalue weighted by atomic mass is 35.5. The van der Waals surface area contributed by atoms with Crippen molar-refractivity contribution in [1.82, 2.24) is 0 Å². The van der Waals surface area contributed by atoms with Gasteiger partial charge in [-0.3, -0.25) is 9.36 Å².